The van der Waals surface area contributed by atoms with Crippen LogP contribution in [0.4, 0.5) is 0 Å². The van der Waals surface area contributed by atoms with Gasteiger partial charge in [0.1, 0.15) is 6.04 Å². The molecule has 6 N–H and O–H groups in total. The van der Waals surface area contributed by atoms with E-state index in [0.717, 1.165) is 46.4 Å². The summed E-state index contributed by atoms with van der Waals surface area (Å²) in [5, 5.41) is 15.9. The van der Waals surface area contributed by atoms with Crippen LogP contribution in [-0.2, 0) is 18.3 Å². The first kappa shape index (κ1) is 26.6. The Morgan fingerprint density at radius 1 is 1.15 bits per heavy atom. The van der Waals surface area contributed by atoms with Crippen molar-refractivity contribution in [2.45, 2.75) is 49.6 Å². The van der Waals surface area contributed by atoms with Crippen LogP contribution in [-0.4, -0.2) is 46.1 Å². The number of fused-ring (bicyclic) bond motifs is 3. The van der Waals surface area contributed by atoms with Gasteiger partial charge in [-0.2, -0.15) is 10.2 Å². The number of nitrogens with one attached hydrogen (secondary N) is 2. The maximum absolute atomic E-state index is 12.3. The van der Waals surface area contributed by atoms with Gasteiger partial charge >= 0.3 is 5.76 Å². The lowest BCUT2D eigenvalue weighted by atomic mass is 9.69. The van der Waals surface area contributed by atoms with Crippen molar-refractivity contribution in [1.82, 2.24) is 20.4 Å². The van der Waals surface area contributed by atoms with Crippen molar-refractivity contribution >= 4 is 11.6 Å². The fraction of sp³-hybridized carbons (Fsp3) is 0.355. The molecule has 2 heterocycles. The molecule has 210 valence electrons. The fourth-order valence-electron chi connectivity index (χ4n) is 6.88. The minimum absolute atomic E-state index is 0.119. The minimum atomic E-state index is -0.906. The van der Waals surface area contributed by atoms with Crippen LogP contribution in [0.25, 0.3) is 5.70 Å². The molecule has 2 aromatic carbocycles. The van der Waals surface area contributed by atoms with E-state index in [1.54, 1.807) is 6.07 Å². The van der Waals surface area contributed by atoms with E-state index >= 15 is 0 Å². The predicted molar refractivity (Wildman–Crippen MR) is 153 cm³/mol. The molecule has 10 heteroatoms. The van der Waals surface area contributed by atoms with Gasteiger partial charge in [0.2, 0.25) is 5.91 Å². The summed E-state index contributed by atoms with van der Waals surface area (Å²) in [7, 11) is 0. The second-order valence-corrected chi connectivity index (χ2v) is 11.3. The lowest BCUT2D eigenvalue weighted by molar-refractivity contribution is 0.1000. The molecule has 41 heavy (non-hydrogen) atoms. The number of aromatic nitrogens is 2. The van der Waals surface area contributed by atoms with Crippen LogP contribution in [0.2, 0.25) is 0 Å². The van der Waals surface area contributed by atoms with Crippen molar-refractivity contribution < 1.29 is 9.32 Å². The van der Waals surface area contributed by atoms with Gasteiger partial charge in [-0.15, -0.1) is 0 Å². The summed E-state index contributed by atoms with van der Waals surface area (Å²) in [5.41, 5.74) is 17.2. The average molecular weight is 552 g/mol. The third kappa shape index (κ3) is 4.52. The quantitative estimate of drug-likeness (QED) is 0.294. The number of nitrogens with two attached hydrogens (primary N) is 2. The van der Waals surface area contributed by atoms with Crippen molar-refractivity contribution in [2.75, 3.05) is 13.1 Å². The smallest absolute Gasteiger partial charge is 0.399 e. The van der Waals surface area contributed by atoms with Gasteiger partial charge in [-0.05, 0) is 90.6 Å². The standard InChI is InChI=1S/C31H33N7O3/c1-17(38-24(15-32)13-23-14-27(23)38)16-35-10-9-31(29-36-30(40)41-37-29)25-7-5-19(18(2)33)11-20(25)3-4-21-12-22(28(34)39)6-8-26(21)31/h5-8,11-12,23-24,27,35H,1-4,9-10,13-14,16,33H2,(H2,34,39)(H,36,37,40)/t23-,24?,27+,31?/m1/s1. The predicted octanol–water partition coefficient (Wildman–Crippen LogP) is 2.30. The Morgan fingerprint density at radius 3 is 2.44 bits per heavy atom. The van der Waals surface area contributed by atoms with E-state index in [-0.39, 0.29) is 6.04 Å². The zero-order valence-electron chi connectivity index (χ0n) is 22.8. The van der Waals surface area contributed by atoms with Crippen LogP contribution in [0.15, 0.2) is 64.6 Å². The van der Waals surface area contributed by atoms with Gasteiger partial charge in [-0.3, -0.25) is 4.79 Å². The number of hydrogen-bond donors (Lipinski definition) is 4. The van der Waals surface area contributed by atoms with E-state index in [4.69, 9.17) is 16.0 Å². The van der Waals surface area contributed by atoms with Crippen LogP contribution in [0.5, 0.6) is 0 Å². The molecule has 10 nitrogen and oxygen atoms in total. The number of carbonyl (C=O) groups excluding carboxylic acids is 1. The first-order chi connectivity index (χ1) is 19.7. The molecule has 6 rings (SSSR count). The maximum Gasteiger partial charge on any atom is 0.459 e. The second-order valence-electron chi connectivity index (χ2n) is 11.3. The van der Waals surface area contributed by atoms with Gasteiger partial charge in [0.15, 0.2) is 5.82 Å². The van der Waals surface area contributed by atoms with Crippen LogP contribution >= 0.6 is 0 Å². The lowest BCUT2D eigenvalue weighted by Gasteiger charge is -2.35. The molecule has 1 saturated carbocycles. The van der Waals surface area contributed by atoms with Crippen molar-refractivity contribution in [3.8, 4) is 6.07 Å². The van der Waals surface area contributed by atoms with Gasteiger partial charge < -0.3 is 26.2 Å². The molecule has 2 fully saturated rings. The largest absolute Gasteiger partial charge is 0.459 e. The number of aryl methyl sites for hydroxylation is 2. The third-order valence-corrected chi connectivity index (χ3v) is 8.92. The van der Waals surface area contributed by atoms with Crippen LogP contribution < -0.4 is 22.5 Å². The van der Waals surface area contributed by atoms with Crippen molar-refractivity contribution in [1.29, 1.82) is 5.26 Å². The first-order valence-corrected chi connectivity index (χ1v) is 13.9. The van der Waals surface area contributed by atoms with Gasteiger partial charge in [0.25, 0.3) is 0 Å². The minimum Gasteiger partial charge on any atom is -0.399 e. The van der Waals surface area contributed by atoms with Crippen molar-refractivity contribution in [2.24, 2.45) is 17.4 Å². The van der Waals surface area contributed by atoms with Crippen molar-refractivity contribution in [3.05, 3.63) is 105 Å². The summed E-state index contributed by atoms with van der Waals surface area (Å²) in [6, 6.07) is 14.1. The fourth-order valence-corrected chi connectivity index (χ4v) is 6.88. The average Bonchev–Trinajstić information content (AvgIpc) is 3.45. The number of piperidine rings is 1. The molecule has 1 saturated heterocycles. The molecule has 1 aliphatic heterocycles. The number of benzene rings is 2. The Balaban J connectivity index is 1.39. The van der Waals surface area contributed by atoms with E-state index in [9.17, 15) is 14.9 Å². The molecule has 1 amide bonds. The molecule has 0 radical (unpaired) electrons. The van der Waals surface area contributed by atoms with E-state index in [1.165, 1.54) is 0 Å². The molecular formula is C31H33N7O3. The molecule has 0 bridgehead atoms. The highest BCUT2D eigenvalue weighted by atomic mass is 16.5. The Bertz CT molecular complexity index is 1600. The van der Waals surface area contributed by atoms with Gasteiger partial charge in [-0.1, -0.05) is 31.4 Å². The number of nitriles is 1. The summed E-state index contributed by atoms with van der Waals surface area (Å²) < 4.78 is 5.12. The number of H-pyrrole nitrogens is 1. The number of primary amides is 1. The lowest BCUT2D eigenvalue weighted by Crippen LogP contribution is -2.39. The zero-order chi connectivity index (χ0) is 28.9. The van der Waals surface area contributed by atoms with E-state index < -0.39 is 17.1 Å². The Hall–Kier alpha value is -4.62. The normalized spacial score (nSPS) is 24.0. The van der Waals surface area contributed by atoms with Gasteiger partial charge in [0, 0.05) is 29.5 Å². The zero-order valence-corrected chi connectivity index (χ0v) is 22.8. The molecule has 0 spiro atoms. The third-order valence-electron chi connectivity index (χ3n) is 8.92. The molecule has 1 aromatic heterocycles. The number of amides is 1. The van der Waals surface area contributed by atoms with E-state index in [0.29, 0.717) is 61.4 Å². The van der Waals surface area contributed by atoms with Crippen LogP contribution in [0, 0.1) is 17.2 Å². The number of likely N-dealkylation sites (tertiary alicyclic amines) is 1. The summed E-state index contributed by atoms with van der Waals surface area (Å²) in [5.74, 6) is -0.247. The molecule has 3 aliphatic rings. The number of carbonyl (C=O) groups is 1. The van der Waals surface area contributed by atoms with E-state index in [2.05, 4.69) is 39.6 Å². The highest BCUT2D eigenvalue weighted by Crippen LogP contribution is 2.49. The molecule has 3 aromatic rings. The Labute approximate surface area is 237 Å². The summed E-state index contributed by atoms with van der Waals surface area (Å²) >= 11 is 0. The maximum atomic E-state index is 12.3. The SMILES string of the molecule is C=C(N)c1ccc2c(c1)CCc1cc(C(N)=O)ccc1C2(CCNCC(=C)N1C(C#N)C[C@@H]2C[C@@H]21)c1nc(=O)o[nH]1. The van der Waals surface area contributed by atoms with Crippen LogP contribution in [0.1, 0.15) is 63.3 Å². The molecule has 4 atom stereocenters. The van der Waals surface area contributed by atoms with Gasteiger partial charge in [-0.25, -0.2) is 9.95 Å². The van der Waals surface area contributed by atoms with E-state index in [1.807, 2.05) is 30.3 Å². The topological polar surface area (TPSA) is 167 Å². The molecule has 2 aliphatic carbocycles. The summed E-state index contributed by atoms with van der Waals surface area (Å²) in [6.07, 6.45) is 3.85. The number of hydrogen-bond acceptors (Lipinski definition) is 8. The first-order valence-electron chi connectivity index (χ1n) is 13.9. The second kappa shape index (κ2) is 10.1. The monoisotopic (exact) mass is 551 g/mol. The van der Waals surface area contributed by atoms with Gasteiger partial charge in [0.05, 0.1) is 11.5 Å². The Morgan fingerprint density at radius 2 is 1.83 bits per heavy atom. The van der Waals surface area contributed by atoms with Crippen molar-refractivity contribution in [3.63, 3.8) is 0 Å². The summed E-state index contributed by atoms with van der Waals surface area (Å²) in [4.78, 5) is 30.8. The molecular weight excluding hydrogens is 518 g/mol. The summed E-state index contributed by atoms with van der Waals surface area (Å²) in [6.45, 7) is 9.26. The Kier molecular flexibility index (Phi) is 6.54. The number of aromatic amines is 1. The number of nitrogens with zero attached hydrogens (tertiary/aromatic N) is 3. The van der Waals surface area contributed by atoms with Crippen LogP contribution in [0.3, 0.4) is 0 Å². The highest BCUT2D eigenvalue weighted by molar-refractivity contribution is 5.93. The number of rotatable bonds is 9. The highest BCUT2D eigenvalue weighted by Gasteiger charge is 2.52. The molecule has 2 unspecified atom stereocenters.